The Hall–Kier alpha value is -2.14. The number of amides is 1. The highest BCUT2D eigenvalue weighted by Crippen LogP contribution is 2.33. The van der Waals surface area contributed by atoms with Crippen LogP contribution in [0.2, 0.25) is 0 Å². The van der Waals surface area contributed by atoms with E-state index in [0.717, 1.165) is 11.1 Å². The van der Waals surface area contributed by atoms with Gasteiger partial charge >= 0.3 is 5.97 Å². The van der Waals surface area contributed by atoms with E-state index < -0.39 is 11.9 Å². The molecule has 4 nitrogen and oxygen atoms in total. The Morgan fingerprint density at radius 3 is 2.52 bits per heavy atom. The van der Waals surface area contributed by atoms with Crippen LogP contribution in [0.25, 0.3) is 11.1 Å². The number of benzene rings is 1. The highest BCUT2D eigenvalue weighted by atomic mass is 32.1. The van der Waals surface area contributed by atoms with Crippen molar-refractivity contribution in [1.29, 1.82) is 0 Å². The highest BCUT2D eigenvalue weighted by Gasteiger charge is 2.39. The van der Waals surface area contributed by atoms with Gasteiger partial charge < -0.3 is 10.0 Å². The lowest BCUT2D eigenvalue weighted by Gasteiger charge is -2.23. The molecular formula is C18H19NO3S. The lowest BCUT2D eigenvalue weighted by atomic mass is 10.0. The number of hydrogen-bond acceptors (Lipinski definition) is 3. The number of carbonyl (C=O) groups excluding carboxylic acids is 1. The normalized spacial score (nSPS) is 20.7. The van der Waals surface area contributed by atoms with Gasteiger partial charge in [-0.25, -0.2) is 0 Å². The lowest BCUT2D eigenvalue weighted by molar-refractivity contribution is -0.142. The Kier molecular flexibility index (Phi) is 4.22. The van der Waals surface area contributed by atoms with Gasteiger partial charge in [0, 0.05) is 18.2 Å². The zero-order valence-electron chi connectivity index (χ0n) is 13.2. The zero-order valence-corrected chi connectivity index (χ0v) is 14.0. The third-order valence-electron chi connectivity index (χ3n) is 4.56. The number of aryl methyl sites for hydroxylation is 1. The predicted molar refractivity (Wildman–Crippen MR) is 90.7 cm³/mol. The number of thiophene rings is 1. The van der Waals surface area contributed by atoms with Gasteiger partial charge in [-0.05, 0) is 37.3 Å². The Bertz CT molecular complexity index is 735. The number of nitrogens with zero attached hydrogens (tertiary/aromatic N) is 1. The van der Waals surface area contributed by atoms with Crippen LogP contribution >= 0.6 is 11.3 Å². The smallest absolute Gasteiger partial charge is 0.308 e. The van der Waals surface area contributed by atoms with E-state index in [1.807, 2.05) is 49.6 Å². The molecule has 2 aromatic rings. The molecule has 1 aliphatic rings. The third-order valence-corrected chi connectivity index (χ3v) is 5.46. The molecule has 1 amide bonds. The summed E-state index contributed by atoms with van der Waals surface area (Å²) in [5.41, 5.74) is 3.11. The van der Waals surface area contributed by atoms with Gasteiger partial charge in [-0.15, -0.1) is 11.3 Å². The van der Waals surface area contributed by atoms with Crippen LogP contribution < -0.4 is 0 Å². The molecule has 0 spiro atoms. The van der Waals surface area contributed by atoms with Crippen LogP contribution in [0.4, 0.5) is 0 Å². The van der Waals surface area contributed by atoms with Crippen molar-refractivity contribution in [1.82, 2.24) is 4.90 Å². The Balaban J connectivity index is 1.89. The van der Waals surface area contributed by atoms with E-state index in [0.29, 0.717) is 17.8 Å². The second-order valence-corrected chi connectivity index (χ2v) is 6.92. The van der Waals surface area contributed by atoms with Gasteiger partial charge in [-0.2, -0.15) is 0 Å². The van der Waals surface area contributed by atoms with Gasteiger partial charge in [0.1, 0.15) is 0 Å². The summed E-state index contributed by atoms with van der Waals surface area (Å²) in [4.78, 5) is 26.5. The Morgan fingerprint density at radius 2 is 1.91 bits per heavy atom. The average Bonchev–Trinajstić information content (AvgIpc) is 3.14. The molecule has 1 N–H and O–H groups in total. The molecule has 5 heteroatoms. The van der Waals surface area contributed by atoms with Crippen molar-refractivity contribution in [3.05, 3.63) is 46.2 Å². The van der Waals surface area contributed by atoms with Crippen molar-refractivity contribution in [2.75, 3.05) is 6.54 Å². The summed E-state index contributed by atoms with van der Waals surface area (Å²) in [7, 11) is 0. The van der Waals surface area contributed by atoms with Crippen LogP contribution in [0.1, 0.15) is 28.6 Å². The first kappa shape index (κ1) is 15.7. The molecule has 120 valence electrons. The number of hydrogen-bond donors (Lipinski definition) is 1. The van der Waals surface area contributed by atoms with E-state index in [1.54, 1.807) is 4.90 Å². The van der Waals surface area contributed by atoms with Crippen molar-refractivity contribution in [3.8, 4) is 11.1 Å². The zero-order chi connectivity index (χ0) is 16.6. The number of carbonyl (C=O) groups is 2. The topological polar surface area (TPSA) is 57.6 Å². The van der Waals surface area contributed by atoms with Gasteiger partial charge in [0.2, 0.25) is 0 Å². The summed E-state index contributed by atoms with van der Waals surface area (Å²) in [5, 5.41) is 11.2. The predicted octanol–water partition coefficient (Wildman–Crippen LogP) is 3.66. The Labute approximate surface area is 139 Å². The van der Waals surface area contributed by atoms with Crippen molar-refractivity contribution in [3.63, 3.8) is 0 Å². The van der Waals surface area contributed by atoms with E-state index >= 15 is 0 Å². The summed E-state index contributed by atoms with van der Waals surface area (Å²) in [6.07, 6.45) is 0.521. The molecule has 2 atom stereocenters. The number of likely N-dealkylation sites (tertiary alicyclic amines) is 1. The maximum absolute atomic E-state index is 12.9. The lowest BCUT2D eigenvalue weighted by Crippen LogP contribution is -2.37. The fourth-order valence-corrected chi connectivity index (χ4v) is 3.99. The minimum absolute atomic E-state index is 0.0631. The second-order valence-electron chi connectivity index (χ2n) is 6.00. The first-order chi connectivity index (χ1) is 11.0. The van der Waals surface area contributed by atoms with Crippen LogP contribution in [-0.2, 0) is 4.79 Å². The standard InChI is InChI=1S/C18H19NO3S/c1-11-3-5-13(6-4-11)15-8-10-23-16(15)17(20)19-9-7-14(12(19)2)18(21)22/h3-6,8,10,12,14H,7,9H2,1-2H3,(H,21,22). The van der Waals surface area contributed by atoms with E-state index in [1.165, 1.54) is 16.9 Å². The fraction of sp³-hybridized carbons (Fsp3) is 0.333. The minimum Gasteiger partial charge on any atom is -0.481 e. The summed E-state index contributed by atoms with van der Waals surface area (Å²) in [5.74, 6) is -1.36. The van der Waals surface area contributed by atoms with Gasteiger partial charge in [0.15, 0.2) is 0 Å². The molecule has 1 saturated heterocycles. The largest absolute Gasteiger partial charge is 0.481 e. The molecule has 0 saturated carbocycles. The molecule has 0 aliphatic carbocycles. The molecule has 1 fully saturated rings. The molecule has 0 radical (unpaired) electrons. The van der Waals surface area contributed by atoms with Crippen LogP contribution in [0.15, 0.2) is 35.7 Å². The van der Waals surface area contributed by atoms with E-state index in [-0.39, 0.29) is 11.9 Å². The first-order valence-corrected chi connectivity index (χ1v) is 8.55. The number of carboxylic acids is 1. The monoisotopic (exact) mass is 329 g/mol. The highest BCUT2D eigenvalue weighted by molar-refractivity contribution is 7.12. The summed E-state index contributed by atoms with van der Waals surface area (Å²) < 4.78 is 0. The van der Waals surface area contributed by atoms with E-state index in [4.69, 9.17) is 0 Å². The molecule has 3 rings (SSSR count). The van der Waals surface area contributed by atoms with Crippen LogP contribution in [0.5, 0.6) is 0 Å². The van der Waals surface area contributed by atoms with Crippen molar-refractivity contribution < 1.29 is 14.7 Å². The average molecular weight is 329 g/mol. The molecular weight excluding hydrogens is 310 g/mol. The minimum atomic E-state index is -0.822. The van der Waals surface area contributed by atoms with Crippen LogP contribution in [0.3, 0.4) is 0 Å². The van der Waals surface area contributed by atoms with Gasteiger partial charge in [0.05, 0.1) is 10.8 Å². The first-order valence-electron chi connectivity index (χ1n) is 7.67. The molecule has 1 aromatic carbocycles. The molecule has 2 heterocycles. The fourth-order valence-electron chi connectivity index (χ4n) is 3.12. The van der Waals surface area contributed by atoms with Crippen molar-refractivity contribution in [2.24, 2.45) is 5.92 Å². The number of aliphatic carboxylic acids is 1. The van der Waals surface area contributed by atoms with Crippen LogP contribution in [0, 0.1) is 12.8 Å². The summed E-state index contributed by atoms with van der Waals surface area (Å²) >= 11 is 1.42. The Morgan fingerprint density at radius 1 is 1.22 bits per heavy atom. The SMILES string of the molecule is Cc1ccc(-c2ccsc2C(=O)N2CCC(C(=O)O)C2C)cc1. The molecule has 23 heavy (non-hydrogen) atoms. The number of rotatable bonds is 3. The second kappa shape index (κ2) is 6.16. The summed E-state index contributed by atoms with van der Waals surface area (Å²) in [6, 6.07) is 9.77. The van der Waals surface area contributed by atoms with Crippen molar-refractivity contribution >= 4 is 23.2 Å². The maximum Gasteiger partial charge on any atom is 0.308 e. The molecule has 2 unspecified atom stereocenters. The number of carboxylic acid groups (broad SMARTS) is 1. The van der Waals surface area contributed by atoms with Crippen molar-refractivity contribution in [2.45, 2.75) is 26.3 Å². The molecule has 1 aromatic heterocycles. The van der Waals surface area contributed by atoms with Gasteiger partial charge in [-0.3, -0.25) is 9.59 Å². The van der Waals surface area contributed by atoms with Gasteiger partial charge in [0.25, 0.3) is 5.91 Å². The summed E-state index contributed by atoms with van der Waals surface area (Å²) in [6.45, 7) is 4.35. The molecule has 1 aliphatic heterocycles. The van der Waals surface area contributed by atoms with E-state index in [9.17, 15) is 14.7 Å². The molecule has 0 bridgehead atoms. The maximum atomic E-state index is 12.9. The van der Waals surface area contributed by atoms with Gasteiger partial charge in [-0.1, -0.05) is 29.8 Å². The van der Waals surface area contributed by atoms with E-state index in [2.05, 4.69) is 0 Å². The quantitative estimate of drug-likeness (QED) is 0.935. The third kappa shape index (κ3) is 2.88. The van der Waals surface area contributed by atoms with Crippen LogP contribution in [-0.4, -0.2) is 34.5 Å².